The molecule has 10 heteroatoms. The molecule has 2 unspecified atom stereocenters. The number of nitrogens with zero attached hydrogens (tertiary/aromatic N) is 4. The van der Waals surface area contributed by atoms with Crippen LogP contribution in [0.15, 0.2) is 45.5 Å². The van der Waals surface area contributed by atoms with Crippen molar-refractivity contribution in [2.45, 2.75) is 13.0 Å². The highest BCUT2D eigenvalue weighted by molar-refractivity contribution is 8.17. The number of hydrogen-bond donors (Lipinski definition) is 1. The van der Waals surface area contributed by atoms with Gasteiger partial charge in [-0.3, -0.25) is 19.8 Å². The SMILES string of the molecule is Cc1ccccc1C1NC(=S)N=C2C1C(=O)N=C1SC([N+](=O)[O-])=CN12. The maximum absolute atomic E-state index is 12.7. The molecule has 0 radical (unpaired) electrons. The van der Waals surface area contributed by atoms with Gasteiger partial charge in [0.2, 0.25) is 0 Å². The summed E-state index contributed by atoms with van der Waals surface area (Å²) < 4.78 is 0. The Morgan fingerprint density at radius 3 is 2.84 bits per heavy atom. The molecule has 0 saturated heterocycles. The molecular formula is C15H11N5O3S2. The Bertz CT molecular complexity index is 923. The summed E-state index contributed by atoms with van der Waals surface area (Å²) in [4.78, 5) is 33.0. The number of nitrogens with one attached hydrogen (secondary N) is 1. The van der Waals surface area contributed by atoms with E-state index in [0.29, 0.717) is 5.84 Å². The van der Waals surface area contributed by atoms with E-state index in [1.54, 1.807) is 0 Å². The maximum Gasteiger partial charge on any atom is 0.327 e. The molecule has 3 aliphatic rings. The number of thioether (sulfide) groups is 1. The van der Waals surface area contributed by atoms with Gasteiger partial charge in [0.1, 0.15) is 11.8 Å². The van der Waals surface area contributed by atoms with Crippen molar-refractivity contribution < 1.29 is 9.72 Å². The first-order chi connectivity index (χ1) is 12.0. The average molecular weight is 373 g/mol. The fourth-order valence-electron chi connectivity index (χ4n) is 3.04. The first-order valence-corrected chi connectivity index (χ1v) is 8.58. The summed E-state index contributed by atoms with van der Waals surface area (Å²) in [5, 5.41) is 14.5. The molecule has 0 saturated carbocycles. The Balaban J connectivity index is 1.82. The summed E-state index contributed by atoms with van der Waals surface area (Å²) in [5.74, 6) is -0.713. The largest absolute Gasteiger partial charge is 0.353 e. The molecular weight excluding hydrogens is 362 g/mol. The number of carbonyl (C=O) groups excluding carboxylic acids is 1. The Kier molecular flexibility index (Phi) is 3.65. The summed E-state index contributed by atoms with van der Waals surface area (Å²) in [6.45, 7) is 1.95. The number of benzene rings is 1. The highest BCUT2D eigenvalue weighted by Crippen LogP contribution is 2.39. The normalized spacial score (nSPS) is 24.7. The second-order valence-corrected chi connectivity index (χ2v) is 7.03. The third kappa shape index (κ3) is 2.53. The second-order valence-electron chi connectivity index (χ2n) is 5.66. The van der Waals surface area contributed by atoms with Crippen molar-refractivity contribution in [2.24, 2.45) is 15.9 Å². The van der Waals surface area contributed by atoms with Crippen LogP contribution in [0.2, 0.25) is 0 Å². The zero-order valence-corrected chi connectivity index (χ0v) is 14.5. The molecule has 0 bridgehead atoms. The molecule has 0 spiro atoms. The Labute approximate surface area is 151 Å². The fraction of sp³-hybridized carbons (Fsp3) is 0.200. The molecule has 1 amide bonds. The predicted molar refractivity (Wildman–Crippen MR) is 97.5 cm³/mol. The Hall–Kier alpha value is -2.59. The predicted octanol–water partition coefficient (Wildman–Crippen LogP) is 1.96. The molecule has 1 aromatic carbocycles. The lowest BCUT2D eigenvalue weighted by Crippen LogP contribution is -2.52. The van der Waals surface area contributed by atoms with Crippen molar-refractivity contribution in [1.82, 2.24) is 10.2 Å². The lowest BCUT2D eigenvalue weighted by molar-refractivity contribution is -0.410. The Morgan fingerprint density at radius 1 is 1.36 bits per heavy atom. The van der Waals surface area contributed by atoms with Crippen molar-refractivity contribution in [3.63, 3.8) is 0 Å². The van der Waals surface area contributed by atoms with Gasteiger partial charge in [0.05, 0.1) is 17.2 Å². The number of hydrogen-bond acceptors (Lipinski definition) is 6. The van der Waals surface area contributed by atoms with E-state index >= 15 is 0 Å². The van der Waals surface area contributed by atoms with Crippen LogP contribution in [0.5, 0.6) is 0 Å². The van der Waals surface area contributed by atoms with E-state index < -0.39 is 22.8 Å². The molecule has 3 heterocycles. The summed E-state index contributed by atoms with van der Waals surface area (Å²) in [6.07, 6.45) is 1.34. The van der Waals surface area contributed by atoms with Crippen molar-refractivity contribution in [3.8, 4) is 0 Å². The standard InChI is InChI=1S/C15H11N5O3S2/c1-7-4-2-3-5-8(7)11-10-12(17-14(24)16-11)19-6-9(20(22)23)25-15(19)18-13(10)21/h2-6,10-11H,1H3,(H,16,24). The van der Waals surface area contributed by atoms with Crippen LogP contribution in [0, 0.1) is 23.0 Å². The molecule has 8 nitrogen and oxygen atoms in total. The number of aryl methyl sites for hydroxylation is 1. The van der Waals surface area contributed by atoms with Crippen LogP contribution in [-0.2, 0) is 4.79 Å². The summed E-state index contributed by atoms with van der Waals surface area (Å²) >= 11 is 6.07. The van der Waals surface area contributed by atoms with Gasteiger partial charge in [0.15, 0.2) is 10.3 Å². The number of rotatable bonds is 2. The number of nitro groups is 1. The average Bonchev–Trinajstić information content (AvgIpc) is 2.99. The summed E-state index contributed by atoms with van der Waals surface area (Å²) in [6, 6.07) is 7.25. The minimum atomic E-state index is -0.695. The number of aliphatic imine (C=N–C) groups is 2. The number of thiocarbonyl (C=S) groups is 1. The van der Waals surface area contributed by atoms with E-state index in [2.05, 4.69) is 15.3 Å². The van der Waals surface area contributed by atoms with E-state index in [4.69, 9.17) is 12.2 Å². The molecule has 2 atom stereocenters. The van der Waals surface area contributed by atoms with Crippen molar-refractivity contribution in [1.29, 1.82) is 0 Å². The topological polar surface area (TPSA) is 100 Å². The van der Waals surface area contributed by atoms with Crippen LogP contribution >= 0.6 is 24.0 Å². The highest BCUT2D eigenvalue weighted by Gasteiger charge is 2.47. The lowest BCUT2D eigenvalue weighted by Gasteiger charge is -2.37. The van der Waals surface area contributed by atoms with Crippen LogP contribution in [0.1, 0.15) is 17.2 Å². The van der Waals surface area contributed by atoms with E-state index in [9.17, 15) is 14.9 Å². The molecule has 0 aliphatic carbocycles. The summed E-state index contributed by atoms with van der Waals surface area (Å²) in [7, 11) is 0. The van der Waals surface area contributed by atoms with Gasteiger partial charge in [0, 0.05) is 11.8 Å². The van der Waals surface area contributed by atoms with Crippen LogP contribution in [0.25, 0.3) is 0 Å². The van der Waals surface area contributed by atoms with Crippen molar-refractivity contribution in [2.75, 3.05) is 0 Å². The maximum atomic E-state index is 12.7. The van der Waals surface area contributed by atoms with Gasteiger partial charge in [-0.05, 0) is 30.3 Å². The van der Waals surface area contributed by atoms with E-state index in [1.165, 1.54) is 11.1 Å². The van der Waals surface area contributed by atoms with Gasteiger partial charge in [0.25, 0.3) is 5.91 Å². The molecule has 1 aromatic rings. The number of amidine groups is 2. The lowest BCUT2D eigenvalue weighted by atomic mass is 9.87. The minimum absolute atomic E-state index is 0.105. The van der Waals surface area contributed by atoms with E-state index in [0.717, 1.165) is 22.9 Å². The minimum Gasteiger partial charge on any atom is -0.353 e. The third-order valence-corrected chi connectivity index (χ3v) is 5.31. The first-order valence-electron chi connectivity index (χ1n) is 7.36. The molecule has 1 N–H and O–H groups in total. The quantitative estimate of drug-likeness (QED) is 0.480. The van der Waals surface area contributed by atoms with Gasteiger partial charge in [-0.2, -0.15) is 4.99 Å². The van der Waals surface area contributed by atoms with Crippen molar-refractivity contribution in [3.05, 3.63) is 56.7 Å². The number of amides is 1. The summed E-state index contributed by atoms with van der Waals surface area (Å²) in [5.41, 5.74) is 1.92. The number of fused-ring (bicyclic) bond motifs is 3. The molecule has 126 valence electrons. The van der Waals surface area contributed by atoms with Crippen LogP contribution in [0.4, 0.5) is 0 Å². The van der Waals surface area contributed by atoms with E-state index in [-0.39, 0.29) is 15.3 Å². The van der Waals surface area contributed by atoms with E-state index in [1.807, 2.05) is 31.2 Å². The highest BCUT2D eigenvalue weighted by atomic mass is 32.2. The van der Waals surface area contributed by atoms with Crippen LogP contribution in [-0.4, -0.2) is 31.8 Å². The number of carbonyl (C=O) groups is 1. The van der Waals surface area contributed by atoms with Gasteiger partial charge < -0.3 is 5.32 Å². The van der Waals surface area contributed by atoms with Gasteiger partial charge >= 0.3 is 5.03 Å². The zero-order valence-electron chi connectivity index (χ0n) is 12.9. The van der Waals surface area contributed by atoms with Crippen LogP contribution < -0.4 is 5.32 Å². The second kappa shape index (κ2) is 5.74. The molecule has 0 fully saturated rings. The van der Waals surface area contributed by atoms with Gasteiger partial charge in [-0.15, -0.1) is 0 Å². The van der Waals surface area contributed by atoms with Gasteiger partial charge in [-0.25, -0.2) is 4.99 Å². The van der Waals surface area contributed by atoms with Crippen molar-refractivity contribution >= 4 is 46.0 Å². The van der Waals surface area contributed by atoms with Crippen LogP contribution in [0.3, 0.4) is 0 Å². The molecule has 4 rings (SSSR count). The first kappa shape index (κ1) is 15.9. The van der Waals surface area contributed by atoms with Gasteiger partial charge in [-0.1, -0.05) is 24.3 Å². The zero-order chi connectivity index (χ0) is 17.7. The molecule has 0 aromatic heterocycles. The third-order valence-electron chi connectivity index (χ3n) is 4.17. The fourth-order valence-corrected chi connectivity index (χ4v) is 4.07. The molecule has 3 aliphatic heterocycles. The smallest absolute Gasteiger partial charge is 0.327 e. The molecule has 25 heavy (non-hydrogen) atoms. The Morgan fingerprint density at radius 2 is 2.12 bits per heavy atom. The monoisotopic (exact) mass is 373 g/mol.